The maximum absolute atomic E-state index is 13.3. The van der Waals surface area contributed by atoms with Gasteiger partial charge < -0.3 is 9.84 Å². The molecule has 1 aliphatic heterocycles. The van der Waals surface area contributed by atoms with Crippen LogP contribution in [0.3, 0.4) is 0 Å². The number of thioether (sulfide) groups is 1. The lowest BCUT2D eigenvalue weighted by Gasteiger charge is -2.26. The summed E-state index contributed by atoms with van der Waals surface area (Å²) in [5.41, 5.74) is 1.06. The second-order valence-corrected chi connectivity index (χ2v) is 8.70. The standard InChI is InChI=1S/C23H33N3O3S.ClH/c1-2-3-4-5-9-12-20-21(27)24-23(30-18-15-25-13-16-29-17-14-25)26(22(20)28)19-10-7-6-8-11-19;/h6-8,10-11,27H,2-5,9,12-18H2,1H3;1H. The molecular formula is C23H34ClN3O3S. The van der Waals surface area contributed by atoms with Crippen LogP contribution in [-0.2, 0) is 11.2 Å². The van der Waals surface area contributed by atoms with Gasteiger partial charge in [0.05, 0.1) is 24.5 Å². The molecule has 0 atom stereocenters. The SMILES string of the molecule is CCCCCCCc1c(O)nc(SCCN2CCOCC2)n(-c2ccccc2)c1=O.Cl. The average molecular weight is 468 g/mol. The monoisotopic (exact) mass is 467 g/mol. The van der Waals surface area contributed by atoms with E-state index in [0.29, 0.717) is 17.1 Å². The number of aromatic hydroxyl groups is 1. The molecule has 0 saturated carbocycles. The summed E-state index contributed by atoms with van der Waals surface area (Å²) >= 11 is 1.52. The second kappa shape index (κ2) is 13.8. The fourth-order valence-electron chi connectivity index (χ4n) is 3.64. The van der Waals surface area contributed by atoms with Crippen LogP contribution in [0.5, 0.6) is 5.88 Å². The van der Waals surface area contributed by atoms with Crippen LogP contribution in [0.25, 0.3) is 5.69 Å². The molecule has 8 heteroatoms. The molecule has 0 spiro atoms. The van der Waals surface area contributed by atoms with Gasteiger partial charge in [0, 0.05) is 25.4 Å². The highest BCUT2D eigenvalue weighted by molar-refractivity contribution is 7.99. The normalized spacial score (nSPS) is 14.4. The summed E-state index contributed by atoms with van der Waals surface area (Å²) < 4.78 is 7.06. The van der Waals surface area contributed by atoms with Crippen LogP contribution < -0.4 is 5.56 Å². The minimum atomic E-state index is -0.155. The van der Waals surface area contributed by atoms with Crippen molar-refractivity contribution in [3.05, 3.63) is 46.2 Å². The third kappa shape index (κ3) is 7.52. The Hall–Kier alpha value is -1.54. The highest BCUT2D eigenvalue weighted by Crippen LogP contribution is 2.23. The molecule has 1 aliphatic rings. The van der Waals surface area contributed by atoms with E-state index in [1.165, 1.54) is 24.6 Å². The molecule has 6 nitrogen and oxygen atoms in total. The molecule has 1 aromatic heterocycles. The Bertz CT molecular complexity index is 842. The Labute approximate surface area is 195 Å². The van der Waals surface area contributed by atoms with Crippen molar-refractivity contribution in [2.24, 2.45) is 0 Å². The lowest BCUT2D eigenvalue weighted by Crippen LogP contribution is -2.37. The Morgan fingerprint density at radius 2 is 1.81 bits per heavy atom. The Morgan fingerprint density at radius 3 is 2.52 bits per heavy atom. The predicted octanol–water partition coefficient (Wildman–Crippen LogP) is 4.30. The van der Waals surface area contributed by atoms with E-state index in [-0.39, 0.29) is 23.8 Å². The third-order valence-corrected chi connectivity index (χ3v) is 6.33. The van der Waals surface area contributed by atoms with E-state index in [1.807, 2.05) is 30.3 Å². The van der Waals surface area contributed by atoms with Crippen LogP contribution in [0.2, 0.25) is 0 Å². The highest BCUT2D eigenvalue weighted by atomic mass is 35.5. The number of hydrogen-bond acceptors (Lipinski definition) is 6. The molecule has 0 amide bonds. The van der Waals surface area contributed by atoms with Gasteiger partial charge in [-0.3, -0.25) is 14.3 Å². The number of unbranched alkanes of at least 4 members (excludes halogenated alkanes) is 4. The van der Waals surface area contributed by atoms with Gasteiger partial charge >= 0.3 is 0 Å². The first-order valence-electron chi connectivity index (χ1n) is 11.0. The fraction of sp³-hybridized carbons (Fsp3) is 0.565. The number of halogens is 1. The molecular weight excluding hydrogens is 434 g/mol. The van der Waals surface area contributed by atoms with Crippen molar-refractivity contribution >= 4 is 24.2 Å². The summed E-state index contributed by atoms with van der Waals surface area (Å²) in [6, 6.07) is 9.60. The van der Waals surface area contributed by atoms with E-state index in [1.54, 1.807) is 4.57 Å². The maximum Gasteiger partial charge on any atom is 0.265 e. The van der Waals surface area contributed by atoms with Crippen LogP contribution in [0.4, 0.5) is 0 Å². The topological polar surface area (TPSA) is 67.6 Å². The largest absolute Gasteiger partial charge is 0.493 e. The van der Waals surface area contributed by atoms with Crippen LogP contribution in [0.15, 0.2) is 40.3 Å². The van der Waals surface area contributed by atoms with Gasteiger partial charge in [0.2, 0.25) is 5.88 Å². The first-order chi connectivity index (χ1) is 14.7. The maximum atomic E-state index is 13.3. The van der Waals surface area contributed by atoms with Gasteiger partial charge in [0.25, 0.3) is 5.56 Å². The number of para-hydroxylation sites is 1. The molecule has 31 heavy (non-hydrogen) atoms. The first-order valence-corrected chi connectivity index (χ1v) is 12.0. The molecule has 0 unspecified atom stereocenters. The van der Waals surface area contributed by atoms with Crippen molar-refractivity contribution in [1.82, 2.24) is 14.5 Å². The molecule has 1 aromatic carbocycles. The number of benzene rings is 1. The van der Waals surface area contributed by atoms with Crippen molar-refractivity contribution in [3.63, 3.8) is 0 Å². The molecule has 2 aromatic rings. The molecule has 2 heterocycles. The van der Waals surface area contributed by atoms with Crippen molar-refractivity contribution in [2.75, 3.05) is 38.6 Å². The molecule has 0 radical (unpaired) electrons. The molecule has 0 bridgehead atoms. The van der Waals surface area contributed by atoms with Gasteiger partial charge in [-0.2, -0.15) is 4.98 Å². The van der Waals surface area contributed by atoms with Crippen LogP contribution in [0, 0.1) is 0 Å². The number of rotatable bonds is 11. The quantitative estimate of drug-likeness (QED) is 0.302. The summed E-state index contributed by atoms with van der Waals surface area (Å²) in [4.78, 5) is 20.1. The van der Waals surface area contributed by atoms with E-state index in [2.05, 4.69) is 16.8 Å². The number of morpholine rings is 1. The summed E-state index contributed by atoms with van der Waals surface area (Å²) in [6.07, 6.45) is 6.07. The van der Waals surface area contributed by atoms with Crippen LogP contribution >= 0.6 is 24.2 Å². The Balaban J connectivity index is 0.00000341. The zero-order chi connectivity index (χ0) is 21.2. The number of nitrogens with zero attached hydrogens (tertiary/aromatic N) is 3. The minimum absolute atomic E-state index is 0. The molecule has 1 saturated heterocycles. The van der Waals surface area contributed by atoms with E-state index >= 15 is 0 Å². The van der Waals surface area contributed by atoms with Crippen LogP contribution in [-0.4, -0.2) is 58.2 Å². The van der Waals surface area contributed by atoms with Crippen molar-refractivity contribution in [3.8, 4) is 11.6 Å². The third-order valence-electron chi connectivity index (χ3n) is 5.41. The molecule has 172 valence electrons. The summed E-state index contributed by atoms with van der Waals surface area (Å²) in [6.45, 7) is 6.49. The summed E-state index contributed by atoms with van der Waals surface area (Å²) in [7, 11) is 0. The van der Waals surface area contributed by atoms with Crippen molar-refractivity contribution < 1.29 is 9.84 Å². The van der Waals surface area contributed by atoms with Gasteiger partial charge in [-0.15, -0.1) is 12.4 Å². The van der Waals surface area contributed by atoms with Gasteiger partial charge in [0.15, 0.2) is 5.16 Å². The van der Waals surface area contributed by atoms with E-state index in [4.69, 9.17) is 4.74 Å². The van der Waals surface area contributed by atoms with Crippen LogP contribution in [0.1, 0.15) is 44.6 Å². The van der Waals surface area contributed by atoms with E-state index in [9.17, 15) is 9.90 Å². The van der Waals surface area contributed by atoms with Gasteiger partial charge in [-0.05, 0) is 25.0 Å². The summed E-state index contributed by atoms with van der Waals surface area (Å²) in [5.74, 6) is 0.686. The lowest BCUT2D eigenvalue weighted by atomic mass is 10.1. The fourth-order valence-corrected chi connectivity index (χ4v) is 4.64. The van der Waals surface area contributed by atoms with Gasteiger partial charge in [0.1, 0.15) is 0 Å². The van der Waals surface area contributed by atoms with Gasteiger partial charge in [-0.25, -0.2) is 0 Å². The number of aromatic nitrogens is 2. The molecule has 1 fully saturated rings. The van der Waals surface area contributed by atoms with Crippen molar-refractivity contribution in [2.45, 2.75) is 50.6 Å². The highest BCUT2D eigenvalue weighted by Gasteiger charge is 2.18. The molecule has 0 aliphatic carbocycles. The Kier molecular flexibility index (Phi) is 11.4. The minimum Gasteiger partial charge on any atom is -0.493 e. The van der Waals surface area contributed by atoms with E-state index < -0.39 is 0 Å². The molecule has 3 rings (SSSR count). The zero-order valence-electron chi connectivity index (χ0n) is 18.3. The first kappa shape index (κ1) is 25.7. The lowest BCUT2D eigenvalue weighted by molar-refractivity contribution is 0.0410. The zero-order valence-corrected chi connectivity index (χ0v) is 19.9. The number of ether oxygens (including phenoxy) is 1. The Morgan fingerprint density at radius 1 is 1.10 bits per heavy atom. The smallest absolute Gasteiger partial charge is 0.265 e. The van der Waals surface area contributed by atoms with E-state index in [0.717, 1.165) is 63.6 Å². The van der Waals surface area contributed by atoms with Crippen molar-refractivity contribution in [1.29, 1.82) is 0 Å². The molecule has 1 N–H and O–H groups in total. The second-order valence-electron chi connectivity index (χ2n) is 7.64. The summed E-state index contributed by atoms with van der Waals surface area (Å²) in [5, 5.41) is 11.1. The van der Waals surface area contributed by atoms with Gasteiger partial charge in [-0.1, -0.05) is 62.6 Å². The average Bonchev–Trinajstić information content (AvgIpc) is 2.77. The predicted molar refractivity (Wildman–Crippen MR) is 129 cm³/mol. The number of hydrogen-bond donors (Lipinski definition) is 1.